The van der Waals surface area contributed by atoms with Crippen molar-refractivity contribution in [3.05, 3.63) is 68.1 Å². The lowest BCUT2D eigenvalue weighted by Gasteiger charge is -2.32. The third-order valence-corrected chi connectivity index (χ3v) is 6.88. The first-order valence-electron chi connectivity index (χ1n) is 6.49. The first kappa shape index (κ1) is 16.3. The molecule has 2 aromatic carbocycles. The third-order valence-electron chi connectivity index (χ3n) is 3.70. The third kappa shape index (κ3) is 3.20. The molecule has 1 unspecified atom stereocenters. The highest BCUT2D eigenvalue weighted by Crippen LogP contribution is 2.46. The predicted molar refractivity (Wildman–Crippen MR) is 97.7 cm³/mol. The molecule has 0 heterocycles. The quantitative estimate of drug-likeness (QED) is 0.435. The molecule has 0 bridgehead atoms. The second-order valence-electron chi connectivity index (χ2n) is 5.57. The Morgan fingerprint density at radius 3 is 2.15 bits per heavy atom. The Hall–Kier alpha value is -0.120. The van der Waals surface area contributed by atoms with Gasteiger partial charge in [-0.3, -0.25) is 0 Å². The van der Waals surface area contributed by atoms with Gasteiger partial charge in [-0.05, 0) is 35.7 Å². The van der Waals surface area contributed by atoms with Crippen LogP contribution in [0.5, 0.6) is 0 Å². The van der Waals surface area contributed by atoms with Crippen LogP contribution in [0.4, 0.5) is 0 Å². The van der Waals surface area contributed by atoms with Crippen molar-refractivity contribution in [1.82, 2.24) is 0 Å². The molecule has 1 atom stereocenters. The average Bonchev–Trinajstić information content (AvgIpc) is 2.43. The van der Waals surface area contributed by atoms with E-state index in [0.717, 1.165) is 8.95 Å². The molecular formula is C17H17Br3. The fourth-order valence-corrected chi connectivity index (χ4v) is 4.26. The van der Waals surface area contributed by atoms with Gasteiger partial charge in [0, 0.05) is 19.2 Å². The van der Waals surface area contributed by atoms with Gasteiger partial charge in [0.2, 0.25) is 0 Å². The van der Waals surface area contributed by atoms with Gasteiger partial charge in [-0.15, -0.1) is 0 Å². The topological polar surface area (TPSA) is 0 Å². The van der Waals surface area contributed by atoms with E-state index in [1.165, 1.54) is 16.7 Å². The molecule has 0 spiro atoms. The maximum atomic E-state index is 3.90. The van der Waals surface area contributed by atoms with Crippen LogP contribution in [0.15, 0.2) is 51.4 Å². The number of benzene rings is 2. The standard InChI is InChI=1S/C17H17Br3/c1-11-9-15(19)13(10-14(11)18)16(20)17(2,3)12-7-5-4-6-8-12/h4-10,16H,1-3H3. The van der Waals surface area contributed by atoms with E-state index in [4.69, 9.17) is 0 Å². The number of hydrogen-bond donors (Lipinski definition) is 0. The van der Waals surface area contributed by atoms with Crippen LogP contribution in [0.1, 0.15) is 35.4 Å². The van der Waals surface area contributed by atoms with E-state index in [1.54, 1.807) is 0 Å². The van der Waals surface area contributed by atoms with Crippen molar-refractivity contribution in [1.29, 1.82) is 0 Å². The van der Waals surface area contributed by atoms with E-state index in [1.807, 2.05) is 0 Å². The van der Waals surface area contributed by atoms with Gasteiger partial charge < -0.3 is 0 Å². The van der Waals surface area contributed by atoms with Gasteiger partial charge in [-0.25, -0.2) is 0 Å². The Morgan fingerprint density at radius 2 is 1.55 bits per heavy atom. The van der Waals surface area contributed by atoms with Crippen molar-refractivity contribution in [2.75, 3.05) is 0 Å². The van der Waals surface area contributed by atoms with Gasteiger partial charge in [0.15, 0.2) is 0 Å². The van der Waals surface area contributed by atoms with E-state index in [9.17, 15) is 0 Å². The number of alkyl halides is 1. The molecule has 0 aliphatic heterocycles. The number of halogens is 3. The Kier molecular flexibility index (Phi) is 5.14. The Labute approximate surface area is 146 Å². The van der Waals surface area contributed by atoms with Crippen LogP contribution in [0.3, 0.4) is 0 Å². The summed E-state index contributed by atoms with van der Waals surface area (Å²) in [5.74, 6) is 0. The molecule has 0 aliphatic rings. The molecule has 0 nitrogen and oxygen atoms in total. The van der Waals surface area contributed by atoms with Crippen molar-refractivity contribution in [3.8, 4) is 0 Å². The zero-order valence-corrected chi connectivity index (χ0v) is 16.5. The highest BCUT2D eigenvalue weighted by Gasteiger charge is 2.31. The number of hydrogen-bond acceptors (Lipinski definition) is 0. The molecule has 0 aromatic heterocycles. The molecule has 0 saturated heterocycles. The number of aryl methyl sites for hydroxylation is 1. The fraction of sp³-hybridized carbons (Fsp3) is 0.294. The van der Waals surface area contributed by atoms with Crippen molar-refractivity contribution in [2.24, 2.45) is 0 Å². The van der Waals surface area contributed by atoms with Crippen LogP contribution in [-0.2, 0) is 5.41 Å². The molecule has 0 saturated carbocycles. The first-order valence-corrected chi connectivity index (χ1v) is 8.99. The summed E-state index contributed by atoms with van der Waals surface area (Å²) in [4.78, 5) is 0.226. The summed E-state index contributed by atoms with van der Waals surface area (Å²) in [5.41, 5.74) is 3.82. The second kappa shape index (κ2) is 6.33. The summed E-state index contributed by atoms with van der Waals surface area (Å²) in [6.07, 6.45) is 0. The fourth-order valence-electron chi connectivity index (χ4n) is 2.26. The largest absolute Gasteiger partial charge is 0.0829 e. The molecule has 0 amide bonds. The molecule has 2 aromatic rings. The molecule has 106 valence electrons. The minimum Gasteiger partial charge on any atom is -0.0829 e. The van der Waals surface area contributed by atoms with E-state index < -0.39 is 0 Å². The summed E-state index contributed by atoms with van der Waals surface area (Å²) < 4.78 is 2.29. The molecule has 0 radical (unpaired) electrons. The smallest absolute Gasteiger partial charge is 0.0498 e. The predicted octanol–water partition coefficient (Wildman–Crippen LogP) is 6.93. The van der Waals surface area contributed by atoms with Crippen LogP contribution in [0.25, 0.3) is 0 Å². The highest BCUT2D eigenvalue weighted by molar-refractivity contribution is 9.11. The first-order chi connectivity index (χ1) is 9.34. The Balaban J connectivity index is 2.45. The highest BCUT2D eigenvalue weighted by atomic mass is 79.9. The van der Waals surface area contributed by atoms with E-state index in [0.29, 0.717) is 0 Å². The van der Waals surface area contributed by atoms with Gasteiger partial charge in [-0.2, -0.15) is 0 Å². The molecule has 20 heavy (non-hydrogen) atoms. The maximum absolute atomic E-state index is 3.90. The molecular weight excluding hydrogens is 444 g/mol. The SMILES string of the molecule is Cc1cc(Br)c(C(Br)C(C)(C)c2ccccc2)cc1Br. The Morgan fingerprint density at radius 1 is 0.950 bits per heavy atom. The van der Waals surface area contributed by atoms with Crippen LogP contribution >= 0.6 is 47.8 Å². The van der Waals surface area contributed by atoms with Crippen LogP contribution < -0.4 is 0 Å². The second-order valence-corrected chi connectivity index (χ2v) is 8.20. The van der Waals surface area contributed by atoms with Crippen molar-refractivity contribution >= 4 is 47.8 Å². The minimum absolute atomic E-state index is 0.00151. The van der Waals surface area contributed by atoms with Crippen molar-refractivity contribution in [2.45, 2.75) is 31.0 Å². The van der Waals surface area contributed by atoms with Crippen LogP contribution in [0.2, 0.25) is 0 Å². The molecule has 3 heteroatoms. The summed E-state index contributed by atoms with van der Waals surface area (Å²) in [5, 5.41) is 0. The van der Waals surface area contributed by atoms with E-state index in [-0.39, 0.29) is 10.2 Å². The molecule has 0 fully saturated rings. The summed E-state index contributed by atoms with van der Waals surface area (Å²) in [6.45, 7) is 6.63. The van der Waals surface area contributed by atoms with Crippen molar-refractivity contribution < 1.29 is 0 Å². The van der Waals surface area contributed by atoms with Gasteiger partial charge in [0.25, 0.3) is 0 Å². The van der Waals surface area contributed by atoms with Gasteiger partial charge in [-0.1, -0.05) is 92.0 Å². The van der Waals surface area contributed by atoms with Gasteiger partial charge in [0.1, 0.15) is 0 Å². The molecule has 2 rings (SSSR count). The zero-order chi connectivity index (χ0) is 14.9. The zero-order valence-electron chi connectivity index (χ0n) is 11.8. The minimum atomic E-state index is -0.00151. The summed E-state index contributed by atoms with van der Waals surface area (Å²) >= 11 is 11.2. The average molecular weight is 461 g/mol. The normalized spacial score (nSPS) is 13.3. The summed E-state index contributed by atoms with van der Waals surface area (Å²) in [7, 11) is 0. The van der Waals surface area contributed by atoms with E-state index in [2.05, 4.69) is 111 Å². The lowest BCUT2D eigenvalue weighted by atomic mass is 9.79. The molecule has 0 N–H and O–H groups in total. The lowest BCUT2D eigenvalue weighted by Crippen LogP contribution is -2.23. The van der Waals surface area contributed by atoms with Crippen molar-refractivity contribution in [3.63, 3.8) is 0 Å². The van der Waals surface area contributed by atoms with Crippen LogP contribution in [0, 0.1) is 6.92 Å². The number of rotatable bonds is 3. The Bertz CT molecular complexity index is 603. The molecule has 0 aliphatic carbocycles. The van der Waals surface area contributed by atoms with Gasteiger partial charge in [0.05, 0.1) is 0 Å². The lowest BCUT2D eigenvalue weighted by molar-refractivity contribution is 0.516. The van der Waals surface area contributed by atoms with Gasteiger partial charge >= 0.3 is 0 Å². The summed E-state index contributed by atoms with van der Waals surface area (Å²) in [6, 6.07) is 15.0. The maximum Gasteiger partial charge on any atom is 0.0498 e. The monoisotopic (exact) mass is 458 g/mol. The van der Waals surface area contributed by atoms with Crippen LogP contribution in [-0.4, -0.2) is 0 Å². The van der Waals surface area contributed by atoms with E-state index >= 15 is 0 Å².